The maximum Gasteiger partial charge on any atom is 0.269 e. The van der Waals surface area contributed by atoms with Crippen molar-refractivity contribution in [1.82, 2.24) is 0 Å². The first kappa shape index (κ1) is 23.8. The maximum atomic E-state index is 14.1. The molecule has 40 heavy (non-hydrogen) atoms. The van der Waals surface area contributed by atoms with Gasteiger partial charge in [0.15, 0.2) is 0 Å². The van der Waals surface area contributed by atoms with Crippen LogP contribution in [-0.2, 0) is 14.4 Å². The molecule has 3 amide bonds. The highest BCUT2D eigenvalue weighted by molar-refractivity contribution is 6.25. The molecule has 2 saturated heterocycles. The number of nitro groups is 1. The Hall–Kier alpha value is -5.31. The number of amides is 3. The third kappa shape index (κ3) is 3.51. The number of para-hydroxylation sites is 1. The van der Waals surface area contributed by atoms with Crippen LogP contribution in [-0.4, -0.2) is 34.7 Å². The third-order valence-corrected chi connectivity index (χ3v) is 8.02. The van der Waals surface area contributed by atoms with Crippen LogP contribution in [0.4, 0.5) is 22.7 Å². The number of nitrogens with zero attached hydrogens (tertiary/aromatic N) is 3. The number of anilines is 3. The lowest BCUT2D eigenvalue weighted by Crippen LogP contribution is -2.50. The lowest BCUT2D eigenvalue weighted by atomic mass is 9.88. The minimum atomic E-state index is -0.974. The van der Waals surface area contributed by atoms with E-state index >= 15 is 0 Å². The van der Waals surface area contributed by atoms with Crippen molar-refractivity contribution in [1.29, 1.82) is 0 Å². The number of rotatable bonds is 4. The van der Waals surface area contributed by atoms with Gasteiger partial charge in [0, 0.05) is 23.5 Å². The van der Waals surface area contributed by atoms with E-state index in [1.165, 1.54) is 29.2 Å². The number of hydrogen-bond acceptors (Lipinski definition) is 6. The van der Waals surface area contributed by atoms with Crippen molar-refractivity contribution in [3.63, 3.8) is 0 Å². The molecule has 4 aromatic carbocycles. The monoisotopic (exact) mass is 530 g/mol. The zero-order chi connectivity index (χ0) is 27.5. The van der Waals surface area contributed by atoms with E-state index < -0.39 is 40.7 Å². The molecular weight excluding hydrogens is 508 g/mol. The fourth-order valence-electron chi connectivity index (χ4n) is 6.27. The Morgan fingerprint density at radius 3 is 2.30 bits per heavy atom. The molecule has 3 heterocycles. The summed E-state index contributed by atoms with van der Waals surface area (Å²) in [7, 11) is 0. The molecule has 9 nitrogen and oxygen atoms in total. The smallest absolute Gasteiger partial charge is 0.269 e. The van der Waals surface area contributed by atoms with Crippen LogP contribution >= 0.6 is 0 Å². The summed E-state index contributed by atoms with van der Waals surface area (Å²) >= 11 is 0. The molecule has 2 fully saturated rings. The highest BCUT2D eigenvalue weighted by Crippen LogP contribution is 2.49. The molecule has 0 aromatic heterocycles. The van der Waals surface area contributed by atoms with E-state index in [0.29, 0.717) is 11.4 Å². The molecule has 0 spiro atoms. The first-order valence-corrected chi connectivity index (χ1v) is 12.9. The molecular formula is C31H22N4O5. The molecule has 4 atom stereocenters. The van der Waals surface area contributed by atoms with Crippen molar-refractivity contribution in [2.24, 2.45) is 11.8 Å². The van der Waals surface area contributed by atoms with E-state index in [1.54, 1.807) is 6.07 Å². The molecule has 4 aromatic rings. The Balaban J connectivity index is 1.29. The molecule has 196 valence electrons. The first-order valence-electron chi connectivity index (χ1n) is 12.9. The molecule has 9 heteroatoms. The Kier molecular flexibility index (Phi) is 5.28. The van der Waals surface area contributed by atoms with Crippen LogP contribution in [0.5, 0.6) is 0 Å². The molecule has 0 aliphatic carbocycles. The SMILES string of the molecule is O=C(Nc1ccc([N+](=O)[O-])cc1)[C@@H]1[C@@H]2C(=O)N(c3ccc4ccccc4c3)C(=O)[C@H]2[C@@H]2C=Cc3ccccc3N12. The van der Waals surface area contributed by atoms with Gasteiger partial charge in [-0.15, -0.1) is 0 Å². The number of carbonyl (C=O) groups excluding carboxylic acids is 3. The van der Waals surface area contributed by atoms with Crippen LogP contribution < -0.4 is 15.1 Å². The second-order valence-corrected chi connectivity index (χ2v) is 10.1. The highest BCUT2D eigenvalue weighted by atomic mass is 16.6. The fraction of sp³-hybridized carbons (Fsp3) is 0.129. The van der Waals surface area contributed by atoms with E-state index in [9.17, 15) is 24.5 Å². The summed E-state index contributed by atoms with van der Waals surface area (Å²) in [6.07, 6.45) is 3.83. The number of imide groups is 1. The molecule has 0 unspecified atom stereocenters. The largest absolute Gasteiger partial charge is 0.351 e. The summed E-state index contributed by atoms with van der Waals surface area (Å²) in [6.45, 7) is 0. The van der Waals surface area contributed by atoms with Gasteiger partial charge >= 0.3 is 0 Å². The minimum Gasteiger partial charge on any atom is -0.351 e. The Labute approximate surface area is 228 Å². The van der Waals surface area contributed by atoms with Gasteiger partial charge in [0.05, 0.1) is 28.5 Å². The van der Waals surface area contributed by atoms with Crippen LogP contribution in [0.15, 0.2) is 97.1 Å². The predicted octanol–water partition coefficient (Wildman–Crippen LogP) is 4.78. The van der Waals surface area contributed by atoms with Crippen molar-refractivity contribution >= 4 is 57.3 Å². The predicted molar refractivity (Wildman–Crippen MR) is 151 cm³/mol. The van der Waals surface area contributed by atoms with E-state index in [4.69, 9.17) is 0 Å². The summed E-state index contributed by atoms with van der Waals surface area (Å²) in [5, 5.41) is 15.8. The average molecular weight is 531 g/mol. The van der Waals surface area contributed by atoms with Gasteiger partial charge in [0.2, 0.25) is 17.7 Å². The fourth-order valence-corrected chi connectivity index (χ4v) is 6.27. The number of non-ortho nitro benzene ring substituents is 1. The van der Waals surface area contributed by atoms with Gasteiger partial charge in [-0.2, -0.15) is 0 Å². The van der Waals surface area contributed by atoms with Gasteiger partial charge in [-0.25, -0.2) is 4.90 Å². The zero-order valence-electron chi connectivity index (χ0n) is 21.0. The number of nitro benzene ring substituents is 1. The normalized spacial score (nSPS) is 22.7. The number of carbonyl (C=O) groups is 3. The molecule has 0 saturated carbocycles. The molecule has 3 aliphatic rings. The molecule has 7 rings (SSSR count). The minimum absolute atomic E-state index is 0.100. The maximum absolute atomic E-state index is 14.1. The molecule has 0 bridgehead atoms. The van der Waals surface area contributed by atoms with Crippen molar-refractivity contribution < 1.29 is 19.3 Å². The van der Waals surface area contributed by atoms with Crippen LogP contribution in [0, 0.1) is 22.0 Å². The van der Waals surface area contributed by atoms with Crippen molar-refractivity contribution in [3.8, 4) is 0 Å². The molecule has 1 N–H and O–H groups in total. The summed E-state index contributed by atoms with van der Waals surface area (Å²) < 4.78 is 0. The third-order valence-electron chi connectivity index (χ3n) is 8.02. The summed E-state index contributed by atoms with van der Waals surface area (Å²) in [6, 6.07) is 24.8. The van der Waals surface area contributed by atoms with E-state index in [1.807, 2.05) is 77.7 Å². The van der Waals surface area contributed by atoms with Gasteiger partial charge in [-0.3, -0.25) is 24.5 Å². The van der Waals surface area contributed by atoms with Crippen LogP contribution in [0.3, 0.4) is 0 Å². The second kappa shape index (κ2) is 8.88. The van der Waals surface area contributed by atoms with E-state index in [-0.39, 0.29) is 11.6 Å². The van der Waals surface area contributed by atoms with Gasteiger partial charge in [-0.05, 0) is 46.7 Å². The average Bonchev–Trinajstić information content (AvgIpc) is 3.45. The van der Waals surface area contributed by atoms with Gasteiger partial charge in [0.25, 0.3) is 5.69 Å². The lowest BCUT2D eigenvalue weighted by molar-refractivity contribution is -0.384. The van der Waals surface area contributed by atoms with Crippen molar-refractivity contribution in [2.75, 3.05) is 15.1 Å². The van der Waals surface area contributed by atoms with E-state index in [2.05, 4.69) is 5.32 Å². The second-order valence-electron chi connectivity index (χ2n) is 10.1. The summed E-state index contributed by atoms with van der Waals surface area (Å²) in [5.74, 6) is -2.89. The Bertz CT molecular complexity index is 1770. The van der Waals surface area contributed by atoms with Crippen LogP contribution in [0.1, 0.15) is 5.56 Å². The number of fused-ring (bicyclic) bond motifs is 6. The number of nitrogens with one attached hydrogen (secondary N) is 1. The van der Waals surface area contributed by atoms with Gasteiger partial charge < -0.3 is 10.2 Å². The molecule has 3 aliphatic heterocycles. The molecule has 0 radical (unpaired) electrons. The highest BCUT2D eigenvalue weighted by Gasteiger charge is 2.64. The van der Waals surface area contributed by atoms with Crippen LogP contribution in [0.25, 0.3) is 16.8 Å². The van der Waals surface area contributed by atoms with Gasteiger partial charge in [0.1, 0.15) is 6.04 Å². The van der Waals surface area contributed by atoms with Crippen molar-refractivity contribution in [3.05, 3.63) is 113 Å². The quantitative estimate of drug-likeness (QED) is 0.231. The standard InChI is InChI=1S/C31H22N4O5/c36-29(32-21-11-14-22(15-12-21)35(39)40)28-27-26(25-16-10-19-6-3-4-8-24(19)34(25)28)30(37)33(31(27)38)23-13-9-18-5-1-2-7-20(18)17-23/h1-17,25-28H,(H,32,36)/t25-,26-,27+,28-/m0/s1. The van der Waals surface area contributed by atoms with Crippen molar-refractivity contribution in [2.45, 2.75) is 12.1 Å². The Morgan fingerprint density at radius 1 is 0.825 bits per heavy atom. The van der Waals surface area contributed by atoms with Crippen LogP contribution in [0.2, 0.25) is 0 Å². The lowest BCUT2D eigenvalue weighted by Gasteiger charge is -2.36. The topological polar surface area (TPSA) is 113 Å². The summed E-state index contributed by atoms with van der Waals surface area (Å²) in [5.41, 5.74) is 2.39. The van der Waals surface area contributed by atoms with E-state index in [0.717, 1.165) is 22.0 Å². The first-order chi connectivity index (χ1) is 19.4. The number of hydrogen-bond donors (Lipinski definition) is 1. The van der Waals surface area contributed by atoms with Gasteiger partial charge in [-0.1, -0.05) is 60.7 Å². The number of benzene rings is 4. The summed E-state index contributed by atoms with van der Waals surface area (Å²) in [4.78, 5) is 55.6. The zero-order valence-corrected chi connectivity index (χ0v) is 21.0. The Morgan fingerprint density at radius 2 is 1.52 bits per heavy atom.